The summed E-state index contributed by atoms with van der Waals surface area (Å²) >= 11 is 0. The fourth-order valence-electron chi connectivity index (χ4n) is 2.69. The van der Waals surface area contributed by atoms with Gasteiger partial charge in [0.1, 0.15) is 11.9 Å². The number of carbonyl (C=O) groups is 1. The molecule has 124 valence electrons. The number of rotatable bonds is 5. The molecule has 1 aliphatic rings. The number of benzene rings is 1. The molecule has 1 aliphatic heterocycles. The number of urea groups is 1. The summed E-state index contributed by atoms with van der Waals surface area (Å²) in [6.07, 6.45) is 1.12. The minimum absolute atomic E-state index is 0.0527. The summed E-state index contributed by atoms with van der Waals surface area (Å²) in [7, 11) is 0. The van der Waals surface area contributed by atoms with Crippen LogP contribution in [-0.4, -0.2) is 28.5 Å². The van der Waals surface area contributed by atoms with Gasteiger partial charge in [0.2, 0.25) is 0 Å². The summed E-state index contributed by atoms with van der Waals surface area (Å²) in [5.74, 6) is 1.36. The zero-order valence-electron chi connectivity index (χ0n) is 13.5. The number of fused-ring (bicyclic) bond motifs is 1. The monoisotopic (exact) mass is 325 g/mol. The topological polar surface area (TPSA) is 92.0 Å². The fraction of sp³-hybridized carbons (Fsp3) is 0.353. The lowest BCUT2D eigenvalue weighted by Crippen LogP contribution is -2.37. The van der Waals surface area contributed by atoms with Crippen molar-refractivity contribution in [2.75, 3.05) is 11.9 Å². The van der Waals surface area contributed by atoms with Gasteiger partial charge < -0.3 is 10.1 Å². The van der Waals surface area contributed by atoms with E-state index >= 15 is 0 Å². The Morgan fingerprint density at radius 3 is 3.12 bits per heavy atom. The molecule has 1 aromatic heterocycles. The number of nitrogens with one attached hydrogen (secondary N) is 2. The van der Waals surface area contributed by atoms with E-state index in [9.17, 15) is 4.79 Å². The Hall–Kier alpha value is -3.01. The van der Waals surface area contributed by atoms with Crippen LogP contribution in [0.1, 0.15) is 17.7 Å². The molecule has 7 heteroatoms. The first kappa shape index (κ1) is 15.9. The summed E-state index contributed by atoms with van der Waals surface area (Å²) < 4.78 is 7.49. The number of amides is 2. The zero-order valence-corrected chi connectivity index (χ0v) is 13.5. The van der Waals surface area contributed by atoms with Gasteiger partial charge >= 0.3 is 6.03 Å². The highest BCUT2D eigenvalue weighted by Crippen LogP contribution is 2.27. The van der Waals surface area contributed by atoms with Gasteiger partial charge in [0, 0.05) is 18.2 Å². The van der Waals surface area contributed by atoms with E-state index in [1.165, 1.54) is 0 Å². The van der Waals surface area contributed by atoms with Gasteiger partial charge in [0.25, 0.3) is 0 Å². The Bertz CT molecular complexity index is 753. The van der Waals surface area contributed by atoms with Gasteiger partial charge in [-0.25, -0.2) is 4.79 Å². The number of ether oxygens (including phenoxy) is 1. The van der Waals surface area contributed by atoms with Gasteiger partial charge in [-0.1, -0.05) is 18.2 Å². The molecule has 2 N–H and O–H groups in total. The molecule has 7 nitrogen and oxygen atoms in total. The minimum atomic E-state index is -0.320. The molecule has 2 aromatic rings. The summed E-state index contributed by atoms with van der Waals surface area (Å²) in [5, 5.41) is 18.4. The smallest absolute Gasteiger partial charge is 0.320 e. The van der Waals surface area contributed by atoms with Crippen LogP contribution in [-0.2, 0) is 13.0 Å². The maximum absolute atomic E-state index is 12.0. The Morgan fingerprint density at radius 2 is 2.33 bits per heavy atom. The predicted octanol–water partition coefficient (Wildman–Crippen LogP) is 2.23. The lowest BCUT2D eigenvalue weighted by atomic mass is 10.1. The van der Waals surface area contributed by atoms with Crippen LogP contribution in [0.4, 0.5) is 10.6 Å². The number of para-hydroxylation sites is 1. The number of aryl methyl sites for hydroxylation is 2. The van der Waals surface area contributed by atoms with Crippen molar-refractivity contribution in [3.8, 4) is 11.8 Å². The maximum Gasteiger partial charge on any atom is 0.320 e. The SMILES string of the molecule is Cc1cc(NC(=O)NC[C@@H]2Cc3ccccc3O2)nn1CCC#N. The fourth-order valence-corrected chi connectivity index (χ4v) is 2.69. The van der Waals surface area contributed by atoms with E-state index in [0.717, 1.165) is 23.4 Å². The lowest BCUT2D eigenvalue weighted by Gasteiger charge is -2.12. The second kappa shape index (κ2) is 7.04. The zero-order chi connectivity index (χ0) is 16.9. The van der Waals surface area contributed by atoms with Crippen molar-refractivity contribution in [1.29, 1.82) is 5.26 Å². The van der Waals surface area contributed by atoms with Crippen molar-refractivity contribution < 1.29 is 9.53 Å². The summed E-state index contributed by atoms with van der Waals surface area (Å²) in [6.45, 7) is 2.82. The quantitative estimate of drug-likeness (QED) is 0.882. The average molecular weight is 325 g/mol. The number of anilines is 1. The third-order valence-electron chi connectivity index (χ3n) is 3.86. The number of aromatic nitrogens is 2. The molecule has 0 saturated carbocycles. The molecule has 1 aromatic carbocycles. The normalized spacial score (nSPS) is 15.2. The van der Waals surface area contributed by atoms with E-state index < -0.39 is 0 Å². The first-order chi connectivity index (χ1) is 11.7. The van der Waals surface area contributed by atoms with Crippen molar-refractivity contribution >= 4 is 11.8 Å². The van der Waals surface area contributed by atoms with Crippen LogP contribution in [0.2, 0.25) is 0 Å². The van der Waals surface area contributed by atoms with E-state index in [-0.39, 0.29) is 12.1 Å². The van der Waals surface area contributed by atoms with Gasteiger partial charge in [-0.05, 0) is 18.6 Å². The van der Waals surface area contributed by atoms with Crippen molar-refractivity contribution in [3.05, 3.63) is 41.6 Å². The standard InChI is InChI=1S/C17H19N5O2/c1-12-9-16(21-22(12)8-4-7-18)20-17(23)19-11-14-10-13-5-2-3-6-15(13)24-14/h2-3,5-6,9,14H,4,8,10-11H2,1H3,(H2,19,20,21,23)/t14-/m0/s1. The molecular weight excluding hydrogens is 306 g/mol. The Morgan fingerprint density at radius 1 is 1.50 bits per heavy atom. The van der Waals surface area contributed by atoms with Gasteiger partial charge in [-0.2, -0.15) is 10.4 Å². The second-order valence-electron chi connectivity index (χ2n) is 5.69. The highest BCUT2D eigenvalue weighted by atomic mass is 16.5. The molecule has 0 radical (unpaired) electrons. The van der Waals surface area contributed by atoms with Crippen LogP contribution in [0.25, 0.3) is 0 Å². The number of nitriles is 1. The van der Waals surface area contributed by atoms with Crippen LogP contribution in [0.5, 0.6) is 5.75 Å². The van der Waals surface area contributed by atoms with Gasteiger partial charge in [-0.3, -0.25) is 10.00 Å². The molecule has 0 saturated heterocycles. The molecule has 24 heavy (non-hydrogen) atoms. The predicted molar refractivity (Wildman–Crippen MR) is 88.8 cm³/mol. The van der Waals surface area contributed by atoms with Crippen molar-refractivity contribution in [3.63, 3.8) is 0 Å². The van der Waals surface area contributed by atoms with Gasteiger partial charge in [-0.15, -0.1) is 0 Å². The number of hydrogen-bond donors (Lipinski definition) is 2. The Balaban J connectivity index is 1.48. The van der Waals surface area contributed by atoms with Crippen LogP contribution in [0.15, 0.2) is 30.3 Å². The molecule has 1 atom stereocenters. The van der Waals surface area contributed by atoms with Crippen LogP contribution >= 0.6 is 0 Å². The van der Waals surface area contributed by atoms with Gasteiger partial charge in [0.15, 0.2) is 5.82 Å². The second-order valence-corrected chi connectivity index (χ2v) is 5.69. The maximum atomic E-state index is 12.0. The highest BCUT2D eigenvalue weighted by molar-refractivity contribution is 5.88. The van der Waals surface area contributed by atoms with E-state index in [1.807, 2.05) is 31.2 Å². The molecule has 0 fully saturated rings. The summed E-state index contributed by atoms with van der Waals surface area (Å²) in [6, 6.07) is 11.4. The van der Waals surface area contributed by atoms with Crippen molar-refractivity contribution in [1.82, 2.24) is 15.1 Å². The molecule has 0 spiro atoms. The van der Waals surface area contributed by atoms with Gasteiger partial charge in [0.05, 0.1) is 25.6 Å². The third-order valence-corrected chi connectivity index (χ3v) is 3.86. The van der Waals surface area contributed by atoms with E-state index in [0.29, 0.717) is 25.3 Å². The van der Waals surface area contributed by atoms with Crippen LogP contribution in [0, 0.1) is 18.3 Å². The van der Waals surface area contributed by atoms with Crippen LogP contribution in [0.3, 0.4) is 0 Å². The molecular formula is C17H19N5O2. The van der Waals surface area contributed by atoms with E-state index in [2.05, 4.69) is 21.8 Å². The summed E-state index contributed by atoms with van der Waals surface area (Å²) in [4.78, 5) is 12.0. The lowest BCUT2D eigenvalue weighted by molar-refractivity contribution is 0.219. The number of nitrogens with zero attached hydrogens (tertiary/aromatic N) is 3. The van der Waals surface area contributed by atoms with Crippen molar-refractivity contribution in [2.45, 2.75) is 32.4 Å². The number of carbonyl (C=O) groups excluding carboxylic acids is 1. The summed E-state index contributed by atoms with van der Waals surface area (Å²) in [5.41, 5.74) is 2.06. The van der Waals surface area contributed by atoms with E-state index in [1.54, 1.807) is 10.7 Å². The first-order valence-electron chi connectivity index (χ1n) is 7.86. The number of hydrogen-bond acceptors (Lipinski definition) is 4. The van der Waals surface area contributed by atoms with Crippen molar-refractivity contribution in [2.24, 2.45) is 0 Å². The first-order valence-corrected chi connectivity index (χ1v) is 7.86. The Labute approximate surface area is 140 Å². The molecule has 2 heterocycles. The molecule has 0 bridgehead atoms. The Kier molecular flexibility index (Phi) is 4.66. The molecule has 0 aliphatic carbocycles. The minimum Gasteiger partial charge on any atom is -0.488 e. The highest BCUT2D eigenvalue weighted by Gasteiger charge is 2.22. The largest absolute Gasteiger partial charge is 0.488 e. The molecule has 2 amide bonds. The van der Waals surface area contributed by atoms with E-state index in [4.69, 9.17) is 10.00 Å². The third kappa shape index (κ3) is 3.66. The molecule has 0 unspecified atom stereocenters. The average Bonchev–Trinajstić information content (AvgIpc) is 3.13. The molecule has 3 rings (SSSR count). The van der Waals surface area contributed by atoms with Crippen LogP contribution < -0.4 is 15.4 Å².